The summed E-state index contributed by atoms with van der Waals surface area (Å²) in [6.07, 6.45) is 6.45. The fourth-order valence-electron chi connectivity index (χ4n) is 3.45. The van der Waals surface area contributed by atoms with Crippen molar-refractivity contribution in [1.29, 1.82) is 0 Å². The fraction of sp³-hybridized carbons (Fsp3) is 0.217. The first-order valence-electron chi connectivity index (χ1n) is 9.98. The Morgan fingerprint density at radius 3 is 2.61 bits per heavy atom. The molecule has 1 N–H and O–H groups in total. The summed E-state index contributed by atoms with van der Waals surface area (Å²) in [6, 6.07) is 14.2. The third-order valence-corrected chi connectivity index (χ3v) is 5.50. The van der Waals surface area contributed by atoms with Gasteiger partial charge in [-0.25, -0.2) is 4.98 Å². The number of rotatable bonds is 5. The molecule has 2 aromatic heterocycles. The van der Waals surface area contributed by atoms with Crippen LogP contribution in [0, 0.1) is 5.92 Å². The van der Waals surface area contributed by atoms with Gasteiger partial charge in [-0.15, -0.1) is 0 Å². The van der Waals surface area contributed by atoms with Gasteiger partial charge in [-0.05, 0) is 77.3 Å². The Morgan fingerprint density at radius 2 is 1.90 bits per heavy atom. The van der Waals surface area contributed by atoms with Gasteiger partial charge in [0.2, 0.25) is 5.91 Å². The van der Waals surface area contributed by atoms with Crippen molar-refractivity contribution in [2.45, 2.75) is 12.8 Å². The SMILES string of the molecule is O=C(Nc1ccc(Br)cn1)C1CCCN(C(=O)c2ccc(Oc3cccnc3)cc2)C1. The number of likely N-dealkylation sites (tertiary alicyclic amines) is 1. The Labute approximate surface area is 188 Å². The fourth-order valence-corrected chi connectivity index (χ4v) is 3.68. The summed E-state index contributed by atoms with van der Waals surface area (Å²) in [7, 11) is 0. The van der Waals surface area contributed by atoms with E-state index >= 15 is 0 Å². The highest BCUT2D eigenvalue weighted by molar-refractivity contribution is 9.10. The monoisotopic (exact) mass is 480 g/mol. The van der Waals surface area contributed by atoms with E-state index in [0.29, 0.717) is 36.0 Å². The van der Waals surface area contributed by atoms with Gasteiger partial charge in [0.25, 0.3) is 5.91 Å². The second-order valence-corrected chi connectivity index (χ2v) is 8.17. The molecular weight excluding hydrogens is 460 g/mol. The number of halogens is 1. The maximum Gasteiger partial charge on any atom is 0.253 e. The van der Waals surface area contributed by atoms with E-state index < -0.39 is 0 Å². The van der Waals surface area contributed by atoms with Gasteiger partial charge < -0.3 is 15.0 Å². The minimum atomic E-state index is -0.267. The van der Waals surface area contributed by atoms with Gasteiger partial charge in [-0.1, -0.05) is 0 Å². The summed E-state index contributed by atoms with van der Waals surface area (Å²) in [4.78, 5) is 35.5. The number of carbonyl (C=O) groups excluding carboxylic acids is 2. The van der Waals surface area contributed by atoms with Crippen LogP contribution in [0.4, 0.5) is 5.82 Å². The van der Waals surface area contributed by atoms with Gasteiger partial charge in [0.15, 0.2) is 0 Å². The highest BCUT2D eigenvalue weighted by atomic mass is 79.9. The molecule has 3 aromatic rings. The van der Waals surface area contributed by atoms with E-state index in [4.69, 9.17) is 4.74 Å². The molecule has 158 valence electrons. The molecule has 1 unspecified atom stereocenters. The Hall–Kier alpha value is -3.26. The molecule has 0 spiro atoms. The highest BCUT2D eigenvalue weighted by Gasteiger charge is 2.29. The molecule has 4 rings (SSSR count). The van der Waals surface area contributed by atoms with Gasteiger partial charge in [-0.3, -0.25) is 14.6 Å². The summed E-state index contributed by atoms with van der Waals surface area (Å²) in [5.41, 5.74) is 0.564. The molecule has 2 amide bonds. The average Bonchev–Trinajstić information content (AvgIpc) is 2.81. The van der Waals surface area contributed by atoms with Crippen LogP contribution in [0.5, 0.6) is 11.5 Å². The van der Waals surface area contributed by atoms with Crippen molar-refractivity contribution in [3.63, 3.8) is 0 Å². The standard InChI is InChI=1S/C23H21BrN4O3/c24-18-7-10-21(26-13-18)27-22(29)17-3-2-12-28(15-17)23(30)16-5-8-19(9-6-16)31-20-4-1-11-25-14-20/h1,4-11,13-14,17H,2-3,12,15H2,(H,26,27,29). The van der Waals surface area contributed by atoms with Crippen LogP contribution < -0.4 is 10.1 Å². The van der Waals surface area contributed by atoms with E-state index in [1.807, 2.05) is 12.1 Å². The second-order valence-electron chi connectivity index (χ2n) is 7.26. The van der Waals surface area contributed by atoms with Crippen molar-refractivity contribution in [2.24, 2.45) is 5.92 Å². The lowest BCUT2D eigenvalue weighted by atomic mass is 9.96. The maximum atomic E-state index is 13.0. The number of anilines is 1. The molecule has 0 bridgehead atoms. The third-order valence-electron chi connectivity index (χ3n) is 5.03. The summed E-state index contributed by atoms with van der Waals surface area (Å²) < 4.78 is 6.57. The van der Waals surface area contributed by atoms with Gasteiger partial charge in [0.1, 0.15) is 17.3 Å². The number of aromatic nitrogens is 2. The zero-order chi connectivity index (χ0) is 21.6. The number of nitrogens with zero attached hydrogens (tertiary/aromatic N) is 3. The van der Waals surface area contributed by atoms with Crippen LogP contribution in [-0.2, 0) is 4.79 Å². The number of carbonyl (C=O) groups is 2. The maximum absolute atomic E-state index is 13.0. The number of piperidine rings is 1. The topological polar surface area (TPSA) is 84.4 Å². The van der Waals surface area contributed by atoms with E-state index in [0.717, 1.165) is 17.3 Å². The van der Waals surface area contributed by atoms with Crippen LogP contribution in [0.1, 0.15) is 23.2 Å². The van der Waals surface area contributed by atoms with Gasteiger partial charge in [-0.2, -0.15) is 0 Å². The normalized spacial score (nSPS) is 15.9. The predicted octanol–water partition coefficient (Wildman–Crippen LogP) is 4.52. The van der Waals surface area contributed by atoms with Gasteiger partial charge in [0, 0.05) is 35.5 Å². The second kappa shape index (κ2) is 9.70. The summed E-state index contributed by atoms with van der Waals surface area (Å²) in [5.74, 6) is 1.28. The summed E-state index contributed by atoms with van der Waals surface area (Å²) in [6.45, 7) is 1.02. The Morgan fingerprint density at radius 1 is 1.06 bits per heavy atom. The predicted molar refractivity (Wildman–Crippen MR) is 120 cm³/mol. The van der Waals surface area contributed by atoms with Crippen LogP contribution in [-0.4, -0.2) is 39.8 Å². The van der Waals surface area contributed by atoms with Crippen LogP contribution in [0.15, 0.2) is 71.6 Å². The zero-order valence-electron chi connectivity index (χ0n) is 16.7. The minimum absolute atomic E-state index is 0.0906. The largest absolute Gasteiger partial charge is 0.456 e. The average molecular weight is 481 g/mol. The Balaban J connectivity index is 1.36. The van der Waals surface area contributed by atoms with Crippen LogP contribution in [0.3, 0.4) is 0 Å². The molecule has 31 heavy (non-hydrogen) atoms. The molecule has 3 heterocycles. The molecule has 1 aromatic carbocycles. The van der Waals surface area contributed by atoms with Gasteiger partial charge >= 0.3 is 0 Å². The van der Waals surface area contributed by atoms with Gasteiger partial charge in [0.05, 0.1) is 12.1 Å². The number of amides is 2. The number of nitrogens with one attached hydrogen (secondary N) is 1. The first kappa shape index (κ1) is 21.0. The number of pyridine rings is 2. The quantitative estimate of drug-likeness (QED) is 0.579. The molecule has 8 heteroatoms. The van der Waals surface area contributed by atoms with Crippen LogP contribution >= 0.6 is 15.9 Å². The van der Waals surface area contributed by atoms with E-state index in [-0.39, 0.29) is 17.7 Å². The number of benzene rings is 1. The molecule has 1 saturated heterocycles. The first-order valence-corrected chi connectivity index (χ1v) is 10.8. The number of hydrogen-bond acceptors (Lipinski definition) is 5. The van der Waals surface area contributed by atoms with Crippen LogP contribution in [0.25, 0.3) is 0 Å². The minimum Gasteiger partial charge on any atom is -0.456 e. The molecule has 7 nitrogen and oxygen atoms in total. The molecular formula is C23H21BrN4O3. The number of hydrogen-bond donors (Lipinski definition) is 1. The van der Waals surface area contributed by atoms with Crippen LogP contribution in [0.2, 0.25) is 0 Å². The lowest BCUT2D eigenvalue weighted by Gasteiger charge is -2.32. The van der Waals surface area contributed by atoms with E-state index in [2.05, 4.69) is 31.2 Å². The van der Waals surface area contributed by atoms with Crippen molar-refractivity contribution >= 4 is 33.6 Å². The molecule has 1 atom stereocenters. The molecule has 0 aliphatic carbocycles. The first-order chi connectivity index (χ1) is 15.1. The molecule has 0 saturated carbocycles. The van der Waals surface area contributed by atoms with Crippen molar-refractivity contribution in [1.82, 2.24) is 14.9 Å². The summed E-state index contributed by atoms with van der Waals surface area (Å²) in [5, 5.41) is 2.84. The molecule has 1 aliphatic rings. The smallest absolute Gasteiger partial charge is 0.253 e. The summed E-state index contributed by atoms with van der Waals surface area (Å²) >= 11 is 3.33. The Bertz CT molecular complexity index is 1040. The highest BCUT2D eigenvalue weighted by Crippen LogP contribution is 2.23. The molecule has 0 radical (unpaired) electrons. The number of ether oxygens (including phenoxy) is 1. The zero-order valence-corrected chi connectivity index (χ0v) is 18.3. The molecule has 1 fully saturated rings. The van der Waals surface area contributed by atoms with E-state index in [9.17, 15) is 9.59 Å². The lowest BCUT2D eigenvalue weighted by molar-refractivity contribution is -0.121. The van der Waals surface area contributed by atoms with Crippen molar-refractivity contribution in [3.05, 3.63) is 77.2 Å². The van der Waals surface area contributed by atoms with E-state index in [1.165, 1.54) is 0 Å². The van der Waals surface area contributed by atoms with Crippen molar-refractivity contribution in [2.75, 3.05) is 18.4 Å². The lowest BCUT2D eigenvalue weighted by Crippen LogP contribution is -2.43. The van der Waals surface area contributed by atoms with Crippen molar-refractivity contribution in [3.8, 4) is 11.5 Å². The molecule has 1 aliphatic heterocycles. The van der Waals surface area contributed by atoms with Crippen molar-refractivity contribution < 1.29 is 14.3 Å². The Kier molecular flexibility index (Phi) is 6.57. The third kappa shape index (κ3) is 5.46. The van der Waals surface area contributed by atoms with E-state index in [1.54, 1.807) is 59.9 Å².